The molecule has 39 heavy (non-hydrogen) atoms. The van der Waals surface area contributed by atoms with Crippen LogP contribution in [0.15, 0.2) is 94.5 Å². The monoisotopic (exact) mass is 639 g/mol. The number of hydrazone groups is 1. The number of fused-ring (bicyclic) bond motifs is 1. The first-order valence-corrected chi connectivity index (χ1v) is 13.4. The van der Waals surface area contributed by atoms with Crippen molar-refractivity contribution in [1.29, 1.82) is 0 Å². The number of hydrogen-bond acceptors (Lipinski definition) is 4. The smallest absolute Gasteiger partial charge is 0.343 e. The Morgan fingerprint density at radius 3 is 2.38 bits per heavy atom. The van der Waals surface area contributed by atoms with E-state index in [9.17, 15) is 9.59 Å². The Morgan fingerprint density at radius 1 is 0.897 bits per heavy atom. The molecule has 1 amide bonds. The summed E-state index contributed by atoms with van der Waals surface area (Å²) in [6.45, 7) is 0. The molecule has 1 aromatic heterocycles. The average molecular weight is 642 g/mol. The van der Waals surface area contributed by atoms with Crippen LogP contribution in [0.5, 0.6) is 5.75 Å². The Balaban J connectivity index is 1.43. The molecule has 0 saturated heterocycles. The lowest BCUT2D eigenvalue weighted by Gasteiger charge is -2.08. The van der Waals surface area contributed by atoms with Gasteiger partial charge >= 0.3 is 5.97 Å². The van der Waals surface area contributed by atoms with Crippen molar-refractivity contribution in [3.63, 3.8) is 0 Å². The number of aromatic nitrogens is 1. The van der Waals surface area contributed by atoms with Crippen LogP contribution < -0.4 is 10.2 Å². The third-order valence-corrected chi connectivity index (χ3v) is 7.00. The van der Waals surface area contributed by atoms with Crippen LogP contribution in [-0.4, -0.2) is 23.1 Å². The molecule has 0 aliphatic heterocycles. The van der Waals surface area contributed by atoms with E-state index in [1.807, 2.05) is 30.3 Å². The molecule has 2 N–H and O–H groups in total. The van der Waals surface area contributed by atoms with E-state index >= 15 is 0 Å². The molecular formula is C29H17BrCl3N3O3. The number of esters is 1. The van der Waals surface area contributed by atoms with Crippen molar-refractivity contribution in [3.05, 3.63) is 121 Å². The predicted octanol–water partition coefficient (Wildman–Crippen LogP) is 8.54. The van der Waals surface area contributed by atoms with E-state index in [0.29, 0.717) is 42.7 Å². The second-order valence-electron chi connectivity index (χ2n) is 8.33. The molecule has 0 spiro atoms. The molecule has 10 heteroatoms. The number of halogens is 4. The fourth-order valence-electron chi connectivity index (χ4n) is 3.97. The highest BCUT2D eigenvalue weighted by atomic mass is 79.9. The first-order chi connectivity index (χ1) is 18.8. The number of amides is 1. The van der Waals surface area contributed by atoms with Gasteiger partial charge in [-0.2, -0.15) is 5.10 Å². The Kier molecular flexibility index (Phi) is 8.04. The minimum Gasteiger partial charge on any atom is -0.422 e. The van der Waals surface area contributed by atoms with Crippen molar-refractivity contribution in [2.45, 2.75) is 0 Å². The maximum Gasteiger partial charge on any atom is 0.343 e. The summed E-state index contributed by atoms with van der Waals surface area (Å²) >= 11 is 22.0. The number of hydrogen-bond donors (Lipinski definition) is 2. The molecule has 194 valence electrons. The van der Waals surface area contributed by atoms with E-state index in [1.165, 1.54) is 6.21 Å². The number of nitrogens with one attached hydrogen (secondary N) is 2. The van der Waals surface area contributed by atoms with Gasteiger partial charge in [0.1, 0.15) is 11.4 Å². The lowest BCUT2D eigenvalue weighted by Crippen LogP contribution is -2.19. The maximum atomic E-state index is 13.3. The third kappa shape index (κ3) is 6.02. The molecule has 4 aromatic carbocycles. The lowest BCUT2D eigenvalue weighted by atomic mass is 10.0. The zero-order valence-corrected chi connectivity index (χ0v) is 23.7. The topological polar surface area (TPSA) is 83.5 Å². The van der Waals surface area contributed by atoms with Crippen molar-refractivity contribution >= 4 is 79.7 Å². The van der Waals surface area contributed by atoms with Gasteiger partial charge in [-0.15, -0.1) is 0 Å². The third-order valence-electron chi connectivity index (χ3n) is 5.74. The first-order valence-electron chi connectivity index (χ1n) is 11.5. The Hall–Kier alpha value is -3.62. The normalized spacial score (nSPS) is 11.2. The van der Waals surface area contributed by atoms with E-state index in [1.54, 1.807) is 54.6 Å². The van der Waals surface area contributed by atoms with Crippen molar-refractivity contribution in [2.75, 3.05) is 0 Å². The molecule has 6 nitrogen and oxygen atoms in total. The maximum absolute atomic E-state index is 13.3. The number of benzene rings is 4. The van der Waals surface area contributed by atoms with Crippen LogP contribution in [0.4, 0.5) is 0 Å². The van der Waals surface area contributed by atoms with Crippen molar-refractivity contribution in [2.24, 2.45) is 5.10 Å². The number of carbonyl (C=O) groups is 2. The van der Waals surface area contributed by atoms with Crippen molar-refractivity contribution in [1.82, 2.24) is 10.4 Å². The van der Waals surface area contributed by atoms with Crippen LogP contribution >= 0.6 is 50.7 Å². The minimum atomic E-state index is -0.561. The van der Waals surface area contributed by atoms with E-state index < -0.39 is 11.9 Å². The van der Waals surface area contributed by atoms with Crippen molar-refractivity contribution in [3.8, 4) is 16.9 Å². The Labute approximate surface area is 246 Å². The number of rotatable bonds is 6. The molecule has 0 bridgehead atoms. The van der Waals surface area contributed by atoms with Crippen LogP contribution in [0.25, 0.3) is 22.0 Å². The Morgan fingerprint density at radius 2 is 1.64 bits per heavy atom. The molecule has 0 aliphatic rings. The highest BCUT2D eigenvalue weighted by Gasteiger charge is 2.21. The van der Waals surface area contributed by atoms with Gasteiger partial charge in [-0.1, -0.05) is 81.1 Å². The molecule has 0 radical (unpaired) electrons. The SMILES string of the molecule is O=C(Oc1ccc(Br)cc1C=NNC(=O)c1[nH]c2c(Cl)cc(Cl)cc2c1-c1ccccc1)c1ccc(Cl)cc1. The highest BCUT2D eigenvalue weighted by molar-refractivity contribution is 9.10. The zero-order valence-electron chi connectivity index (χ0n) is 19.8. The number of ether oxygens (including phenoxy) is 1. The molecule has 0 atom stereocenters. The number of carbonyl (C=O) groups excluding carboxylic acids is 2. The summed E-state index contributed by atoms with van der Waals surface area (Å²) in [5.41, 5.74) is 5.63. The van der Waals surface area contributed by atoms with E-state index in [2.05, 4.69) is 31.4 Å². The van der Waals surface area contributed by atoms with Gasteiger partial charge in [0.25, 0.3) is 5.91 Å². The van der Waals surface area contributed by atoms with Gasteiger partial charge in [0.15, 0.2) is 0 Å². The summed E-state index contributed by atoms with van der Waals surface area (Å²) in [7, 11) is 0. The Bertz CT molecular complexity index is 1740. The van der Waals surface area contributed by atoms with E-state index in [4.69, 9.17) is 39.5 Å². The highest BCUT2D eigenvalue weighted by Crippen LogP contribution is 2.37. The zero-order chi connectivity index (χ0) is 27.5. The summed E-state index contributed by atoms with van der Waals surface area (Å²) in [6, 6.07) is 24.2. The predicted molar refractivity (Wildman–Crippen MR) is 159 cm³/mol. The molecule has 5 aromatic rings. The summed E-state index contributed by atoms with van der Waals surface area (Å²) in [5, 5.41) is 6.17. The second kappa shape index (κ2) is 11.6. The summed E-state index contributed by atoms with van der Waals surface area (Å²) < 4.78 is 6.30. The minimum absolute atomic E-state index is 0.258. The average Bonchev–Trinajstić information content (AvgIpc) is 3.31. The van der Waals surface area contributed by atoms with Gasteiger partial charge in [0.05, 0.1) is 22.3 Å². The molecule has 1 heterocycles. The van der Waals surface area contributed by atoms with Gasteiger partial charge < -0.3 is 9.72 Å². The molecule has 0 unspecified atom stereocenters. The largest absolute Gasteiger partial charge is 0.422 e. The van der Waals surface area contributed by atoms with Gasteiger partial charge in [-0.25, -0.2) is 10.2 Å². The van der Waals surface area contributed by atoms with E-state index in [-0.39, 0.29) is 11.4 Å². The molecule has 5 rings (SSSR count). The van der Waals surface area contributed by atoms with Gasteiger partial charge in [0, 0.05) is 31.0 Å². The summed E-state index contributed by atoms with van der Waals surface area (Å²) in [6.07, 6.45) is 1.39. The molecular weight excluding hydrogens is 625 g/mol. The summed E-state index contributed by atoms with van der Waals surface area (Å²) in [5.74, 6) is -0.801. The fraction of sp³-hybridized carbons (Fsp3) is 0. The van der Waals surface area contributed by atoms with Crippen LogP contribution in [0.3, 0.4) is 0 Å². The van der Waals surface area contributed by atoms with Gasteiger partial charge in [0.2, 0.25) is 0 Å². The number of aromatic amines is 1. The molecule has 0 saturated carbocycles. The van der Waals surface area contributed by atoms with Crippen LogP contribution in [0, 0.1) is 0 Å². The first kappa shape index (κ1) is 27.0. The van der Waals surface area contributed by atoms with Crippen LogP contribution in [-0.2, 0) is 0 Å². The second-order valence-corrected chi connectivity index (χ2v) is 10.5. The van der Waals surface area contributed by atoms with Crippen molar-refractivity contribution < 1.29 is 14.3 Å². The van der Waals surface area contributed by atoms with Gasteiger partial charge in [-0.05, 0) is 60.2 Å². The molecule has 0 fully saturated rings. The summed E-state index contributed by atoms with van der Waals surface area (Å²) in [4.78, 5) is 29.0. The molecule has 0 aliphatic carbocycles. The number of nitrogens with zero attached hydrogens (tertiary/aromatic N) is 1. The quantitative estimate of drug-likeness (QED) is 0.0844. The standard InChI is InChI=1S/C29H17BrCl3N3O3/c30-19-8-11-24(39-29(38)17-6-9-20(31)10-7-17)18(12-19)15-34-36-28(37)27-25(16-4-2-1-3-5-16)22-13-21(32)14-23(33)26(22)35-27/h1-15,35H,(H,36,37). The number of H-pyrrole nitrogens is 1. The lowest BCUT2D eigenvalue weighted by molar-refractivity contribution is 0.0734. The fourth-order valence-corrected chi connectivity index (χ4v) is 5.01. The van der Waals surface area contributed by atoms with Crippen LogP contribution in [0.1, 0.15) is 26.4 Å². The van der Waals surface area contributed by atoms with Crippen LogP contribution in [0.2, 0.25) is 15.1 Å². The van der Waals surface area contributed by atoms with Gasteiger partial charge in [-0.3, -0.25) is 4.79 Å². The van der Waals surface area contributed by atoms with E-state index in [0.717, 1.165) is 10.0 Å².